The number of carbonyl (C=O) groups excluding carboxylic acids is 1. The fraction of sp³-hybridized carbons (Fsp3) is 0.941. The number of ether oxygens (including phenoxy) is 1. The Hall–Kier alpha value is -0.610. The maximum atomic E-state index is 12.0. The predicted octanol–water partition coefficient (Wildman–Crippen LogP) is 2.96. The standard InChI is InChI=1S/C17H34N2O2/c1-5-7-13-19(6-2)14-9-8-12-17(3,16(20)21-4)18-15-10-11-15/h15,18H,5-14H2,1-4H3. The van der Waals surface area contributed by atoms with Crippen LogP contribution in [0.3, 0.4) is 0 Å². The fourth-order valence-electron chi connectivity index (χ4n) is 2.76. The smallest absolute Gasteiger partial charge is 0.325 e. The minimum absolute atomic E-state index is 0.118. The summed E-state index contributed by atoms with van der Waals surface area (Å²) in [6.45, 7) is 9.90. The van der Waals surface area contributed by atoms with Gasteiger partial charge in [0, 0.05) is 6.04 Å². The molecule has 0 heterocycles. The van der Waals surface area contributed by atoms with E-state index in [-0.39, 0.29) is 5.97 Å². The molecule has 1 N–H and O–H groups in total. The number of methoxy groups -OCH3 is 1. The number of rotatable bonds is 12. The van der Waals surface area contributed by atoms with Gasteiger partial charge in [-0.1, -0.05) is 20.3 Å². The third-order valence-electron chi connectivity index (χ3n) is 4.41. The molecule has 1 fully saturated rings. The largest absolute Gasteiger partial charge is 0.468 e. The number of hydrogen-bond donors (Lipinski definition) is 1. The van der Waals surface area contributed by atoms with Crippen molar-refractivity contribution in [1.29, 1.82) is 0 Å². The van der Waals surface area contributed by atoms with Crippen molar-refractivity contribution in [3.05, 3.63) is 0 Å². The molecule has 124 valence electrons. The summed E-state index contributed by atoms with van der Waals surface area (Å²) in [6, 6.07) is 0.519. The first-order chi connectivity index (χ1) is 10.1. The Morgan fingerprint density at radius 3 is 2.43 bits per heavy atom. The van der Waals surface area contributed by atoms with Crippen molar-refractivity contribution < 1.29 is 9.53 Å². The highest BCUT2D eigenvalue weighted by Gasteiger charge is 2.38. The number of unbranched alkanes of at least 4 members (excludes halogenated alkanes) is 2. The number of nitrogens with zero attached hydrogens (tertiary/aromatic N) is 1. The minimum Gasteiger partial charge on any atom is -0.468 e. The molecule has 1 aliphatic carbocycles. The maximum Gasteiger partial charge on any atom is 0.325 e. The van der Waals surface area contributed by atoms with Gasteiger partial charge in [-0.2, -0.15) is 0 Å². The van der Waals surface area contributed by atoms with Crippen molar-refractivity contribution in [1.82, 2.24) is 10.2 Å². The summed E-state index contributed by atoms with van der Waals surface area (Å²) in [4.78, 5) is 14.5. The van der Waals surface area contributed by atoms with Gasteiger partial charge in [-0.05, 0) is 65.1 Å². The first-order valence-electron chi connectivity index (χ1n) is 8.64. The van der Waals surface area contributed by atoms with Gasteiger partial charge in [0.25, 0.3) is 0 Å². The second kappa shape index (κ2) is 9.42. The molecule has 1 unspecified atom stereocenters. The van der Waals surface area contributed by atoms with Crippen molar-refractivity contribution in [3.63, 3.8) is 0 Å². The molecule has 0 radical (unpaired) electrons. The summed E-state index contributed by atoms with van der Waals surface area (Å²) < 4.78 is 4.98. The summed E-state index contributed by atoms with van der Waals surface area (Å²) in [6.07, 6.45) is 7.98. The molecule has 0 saturated heterocycles. The molecule has 0 aromatic carbocycles. The van der Waals surface area contributed by atoms with Gasteiger partial charge in [-0.15, -0.1) is 0 Å². The van der Waals surface area contributed by atoms with Crippen LogP contribution in [0.25, 0.3) is 0 Å². The Morgan fingerprint density at radius 2 is 1.90 bits per heavy atom. The topological polar surface area (TPSA) is 41.6 Å². The van der Waals surface area contributed by atoms with E-state index in [0.29, 0.717) is 6.04 Å². The molecular weight excluding hydrogens is 264 g/mol. The molecule has 0 aliphatic heterocycles. The van der Waals surface area contributed by atoms with Gasteiger partial charge in [-0.3, -0.25) is 10.1 Å². The summed E-state index contributed by atoms with van der Waals surface area (Å²) in [7, 11) is 1.48. The summed E-state index contributed by atoms with van der Waals surface area (Å²) in [5.74, 6) is -0.118. The molecule has 1 aliphatic rings. The molecule has 0 amide bonds. The van der Waals surface area contributed by atoms with Crippen molar-refractivity contribution in [3.8, 4) is 0 Å². The Kier molecular flexibility index (Phi) is 8.27. The van der Waals surface area contributed by atoms with Crippen LogP contribution in [0.15, 0.2) is 0 Å². The highest BCUT2D eigenvalue weighted by atomic mass is 16.5. The maximum absolute atomic E-state index is 12.0. The van der Waals surface area contributed by atoms with E-state index in [9.17, 15) is 4.79 Å². The number of carbonyl (C=O) groups is 1. The van der Waals surface area contributed by atoms with E-state index in [2.05, 4.69) is 24.1 Å². The van der Waals surface area contributed by atoms with E-state index >= 15 is 0 Å². The molecule has 0 bridgehead atoms. The molecule has 4 nitrogen and oxygen atoms in total. The molecule has 1 atom stereocenters. The first kappa shape index (κ1) is 18.4. The van der Waals surface area contributed by atoms with E-state index in [1.54, 1.807) is 0 Å². The minimum atomic E-state index is -0.504. The highest BCUT2D eigenvalue weighted by molar-refractivity contribution is 5.80. The van der Waals surface area contributed by atoms with Gasteiger partial charge in [0.05, 0.1) is 7.11 Å². The monoisotopic (exact) mass is 298 g/mol. The lowest BCUT2D eigenvalue weighted by atomic mass is 9.94. The molecule has 0 spiro atoms. The molecule has 0 aromatic heterocycles. The average molecular weight is 298 g/mol. The lowest BCUT2D eigenvalue weighted by molar-refractivity contribution is -0.148. The van der Waals surface area contributed by atoms with Crippen LogP contribution in [0.1, 0.15) is 65.7 Å². The number of nitrogens with one attached hydrogen (secondary N) is 1. The van der Waals surface area contributed by atoms with Gasteiger partial charge in [0.2, 0.25) is 0 Å². The van der Waals surface area contributed by atoms with Crippen LogP contribution in [0.5, 0.6) is 0 Å². The Morgan fingerprint density at radius 1 is 1.24 bits per heavy atom. The summed E-state index contributed by atoms with van der Waals surface area (Å²) >= 11 is 0. The molecule has 4 heteroatoms. The summed E-state index contributed by atoms with van der Waals surface area (Å²) in [5, 5.41) is 3.47. The van der Waals surface area contributed by atoms with Crippen LogP contribution in [-0.4, -0.2) is 49.2 Å². The van der Waals surface area contributed by atoms with Gasteiger partial charge >= 0.3 is 5.97 Å². The van der Waals surface area contributed by atoms with Crippen molar-refractivity contribution in [2.75, 3.05) is 26.7 Å². The van der Waals surface area contributed by atoms with Gasteiger partial charge in [-0.25, -0.2) is 0 Å². The first-order valence-corrected chi connectivity index (χ1v) is 8.64. The zero-order valence-electron chi connectivity index (χ0n) is 14.4. The van der Waals surface area contributed by atoms with Crippen molar-refractivity contribution in [2.45, 2.75) is 77.3 Å². The molecule has 0 aromatic rings. The third-order valence-corrected chi connectivity index (χ3v) is 4.41. The zero-order chi connectivity index (χ0) is 15.7. The zero-order valence-corrected chi connectivity index (χ0v) is 14.4. The third kappa shape index (κ3) is 6.79. The molecule has 1 saturated carbocycles. The van der Waals surface area contributed by atoms with Crippen LogP contribution >= 0.6 is 0 Å². The van der Waals surface area contributed by atoms with Gasteiger partial charge in [0.15, 0.2) is 0 Å². The van der Waals surface area contributed by atoms with Crippen LogP contribution in [0, 0.1) is 0 Å². The van der Waals surface area contributed by atoms with Crippen LogP contribution in [-0.2, 0) is 9.53 Å². The van der Waals surface area contributed by atoms with Gasteiger partial charge < -0.3 is 9.64 Å². The quantitative estimate of drug-likeness (QED) is 0.444. The second-order valence-corrected chi connectivity index (χ2v) is 6.49. The Labute approximate surface area is 130 Å². The molecule has 1 rings (SSSR count). The lowest BCUT2D eigenvalue weighted by Crippen LogP contribution is -2.51. The van der Waals surface area contributed by atoms with E-state index in [0.717, 1.165) is 32.4 Å². The lowest BCUT2D eigenvalue weighted by Gasteiger charge is -2.28. The van der Waals surface area contributed by atoms with Crippen LogP contribution in [0.2, 0.25) is 0 Å². The normalized spacial score (nSPS) is 17.8. The second-order valence-electron chi connectivity index (χ2n) is 6.49. The fourth-order valence-corrected chi connectivity index (χ4v) is 2.76. The Balaban J connectivity index is 2.30. The SMILES string of the molecule is CCCCN(CC)CCCCC(C)(NC1CC1)C(=O)OC. The van der Waals surface area contributed by atoms with Crippen molar-refractivity contribution in [2.24, 2.45) is 0 Å². The Bertz CT molecular complexity index is 305. The van der Waals surface area contributed by atoms with E-state index in [1.165, 1.54) is 39.3 Å². The van der Waals surface area contributed by atoms with E-state index < -0.39 is 5.54 Å². The molecular formula is C17H34N2O2. The van der Waals surface area contributed by atoms with Crippen LogP contribution in [0.4, 0.5) is 0 Å². The average Bonchev–Trinajstić information content (AvgIpc) is 3.29. The number of esters is 1. The predicted molar refractivity (Wildman–Crippen MR) is 87.5 cm³/mol. The number of hydrogen-bond acceptors (Lipinski definition) is 4. The summed E-state index contributed by atoms with van der Waals surface area (Å²) in [5.41, 5.74) is -0.504. The van der Waals surface area contributed by atoms with E-state index in [1.807, 2.05) is 6.92 Å². The van der Waals surface area contributed by atoms with E-state index in [4.69, 9.17) is 4.74 Å². The molecule has 21 heavy (non-hydrogen) atoms. The van der Waals surface area contributed by atoms with Crippen molar-refractivity contribution >= 4 is 5.97 Å². The highest BCUT2D eigenvalue weighted by Crippen LogP contribution is 2.26. The van der Waals surface area contributed by atoms with Crippen LogP contribution < -0.4 is 5.32 Å². The van der Waals surface area contributed by atoms with Gasteiger partial charge in [0.1, 0.15) is 5.54 Å².